The maximum atomic E-state index is 12.4. The first-order valence-corrected chi connectivity index (χ1v) is 7.70. The minimum absolute atomic E-state index is 0.160. The van der Waals surface area contributed by atoms with Gasteiger partial charge >= 0.3 is 0 Å². The van der Waals surface area contributed by atoms with E-state index in [9.17, 15) is 8.42 Å². The fourth-order valence-corrected chi connectivity index (χ4v) is 3.12. The average Bonchev–Trinajstić information content (AvgIpc) is 2.48. The second-order valence-electron chi connectivity index (χ2n) is 4.54. The van der Waals surface area contributed by atoms with Crippen LogP contribution in [0.5, 0.6) is 0 Å². The number of hydrogen-bond acceptors (Lipinski definition) is 4. The minimum atomic E-state index is -3.79. The Labute approximate surface area is 123 Å². The number of nitrogens with one attached hydrogen (secondary N) is 1. The van der Waals surface area contributed by atoms with Crippen molar-refractivity contribution >= 4 is 21.6 Å². The number of rotatable bonds is 3. The van der Waals surface area contributed by atoms with Gasteiger partial charge in [0.2, 0.25) is 0 Å². The number of nitrogens with two attached hydrogens (primary N) is 1. The van der Waals surface area contributed by atoms with Crippen molar-refractivity contribution in [2.24, 2.45) is 10.1 Å². The molecule has 3 N–H and O–H groups in total. The van der Waals surface area contributed by atoms with E-state index in [1.807, 2.05) is 0 Å². The lowest BCUT2D eigenvalue weighted by Crippen LogP contribution is -2.06. The zero-order chi connectivity index (χ0) is 15.5. The molecule has 0 heterocycles. The van der Waals surface area contributed by atoms with Crippen molar-refractivity contribution in [3.8, 4) is 0 Å². The van der Waals surface area contributed by atoms with Gasteiger partial charge in [-0.1, -0.05) is 12.1 Å². The predicted octanol–water partition coefficient (Wildman–Crippen LogP) is 1.88. The quantitative estimate of drug-likeness (QED) is 0.834. The summed E-state index contributed by atoms with van der Waals surface area (Å²) in [5.41, 5.74) is 7.79. The number of benzene rings is 1. The van der Waals surface area contributed by atoms with Gasteiger partial charge in [0.15, 0.2) is 0 Å². The van der Waals surface area contributed by atoms with E-state index in [1.165, 1.54) is 12.2 Å². The fraction of sp³-hybridized carbons (Fsp3) is 0.133. The lowest BCUT2D eigenvalue weighted by atomic mass is 10.1. The van der Waals surface area contributed by atoms with E-state index in [-0.39, 0.29) is 11.4 Å². The third-order valence-electron chi connectivity index (χ3n) is 3.00. The van der Waals surface area contributed by atoms with Crippen LogP contribution in [0.2, 0.25) is 0 Å². The summed E-state index contributed by atoms with van der Waals surface area (Å²) in [5, 5.41) is 6.99. The van der Waals surface area contributed by atoms with Gasteiger partial charge in [0.05, 0.1) is 10.6 Å². The highest BCUT2D eigenvalue weighted by molar-refractivity contribution is 7.90. The number of nitrogens with zero attached hydrogens (tertiary/aromatic N) is 1. The molecule has 0 aliphatic heterocycles. The third-order valence-corrected chi connectivity index (χ3v) is 4.45. The number of aryl methyl sites for hydroxylation is 1. The van der Waals surface area contributed by atoms with Gasteiger partial charge in [0.1, 0.15) is 0 Å². The molecule has 0 saturated carbocycles. The van der Waals surface area contributed by atoms with Crippen LogP contribution < -0.4 is 5.73 Å². The van der Waals surface area contributed by atoms with Crippen LogP contribution in [0.25, 0.3) is 0 Å². The smallest absolute Gasteiger partial charge is 0.283 e. The molecule has 0 atom stereocenters. The Morgan fingerprint density at radius 3 is 2.48 bits per heavy atom. The van der Waals surface area contributed by atoms with Crippen molar-refractivity contribution < 1.29 is 8.42 Å². The van der Waals surface area contributed by atoms with E-state index >= 15 is 0 Å². The highest BCUT2D eigenvalue weighted by Crippen LogP contribution is 2.20. The van der Waals surface area contributed by atoms with Crippen molar-refractivity contribution in [1.29, 1.82) is 5.41 Å². The first-order valence-electron chi connectivity index (χ1n) is 6.26. The van der Waals surface area contributed by atoms with E-state index in [0.717, 1.165) is 5.56 Å². The van der Waals surface area contributed by atoms with Gasteiger partial charge in [-0.3, -0.25) is 5.41 Å². The molecule has 0 fully saturated rings. The van der Waals surface area contributed by atoms with Crippen molar-refractivity contribution in [3.05, 3.63) is 59.2 Å². The van der Waals surface area contributed by atoms with Crippen molar-refractivity contribution in [2.75, 3.05) is 0 Å². The van der Waals surface area contributed by atoms with Gasteiger partial charge in [-0.25, -0.2) is 0 Å². The normalized spacial score (nSPS) is 14.2. The molecule has 108 valence electrons. The van der Waals surface area contributed by atoms with E-state index in [1.54, 1.807) is 37.3 Å². The Bertz CT molecular complexity index is 793. The molecule has 1 aliphatic carbocycles. The predicted molar refractivity (Wildman–Crippen MR) is 83.2 cm³/mol. The summed E-state index contributed by atoms with van der Waals surface area (Å²) in [6.45, 7) is 1.99. The van der Waals surface area contributed by atoms with Crippen molar-refractivity contribution in [1.82, 2.24) is 0 Å². The van der Waals surface area contributed by atoms with E-state index in [2.05, 4.69) is 10.3 Å². The highest BCUT2D eigenvalue weighted by Gasteiger charge is 2.17. The summed E-state index contributed by atoms with van der Waals surface area (Å²) in [6.07, 6.45) is 6.25. The Balaban J connectivity index is 2.45. The van der Waals surface area contributed by atoms with Crippen LogP contribution in [-0.4, -0.2) is 20.0 Å². The highest BCUT2D eigenvalue weighted by atomic mass is 32.2. The molecule has 1 aromatic rings. The van der Waals surface area contributed by atoms with Gasteiger partial charge in [-0.15, -0.1) is 0 Å². The molecule has 0 saturated heterocycles. The average molecular weight is 301 g/mol. The van der Waals surface area contributed by atoms with Crippen LogP contribution >= 0.6 is 0 Å². The Morgan fingerprint density at radius 1 is 1.24 bits per heavy atom. The largest absolute Gasteiger partial charge is 0.326 e. The molecule has 5 nitrogen and oxygen atoms in total. The molecule has 0 spiro atoms. The summed E-state index contributed by atoms with van der Waals surface area (Å²) < 4.78 is 28.6. The van der Waals surface area contributed by atoms with Crippen LogP contribution in [0, 0.1) is 12.3 Å². The zero-order valence-electron chi connectivity index (χ0n) is 11.5. The summed E-state index contributed by atoms with van der Waals surface area (Å²) in [4.78, 5) is 0.160. The monoisotopic (exact) mass is 301 g/mol. The molecule has 2 rings (SSSR count). The van der Waals surface area contributed by atoms with Crippen LogP contribution in [0.4, 0.5) is 0 Å². The summed E-state index contributed by atoms with van der Waals surface area (Å²) in [5.74, 6) is 2.22. The van der Waals surface area contributed by atoms with Gasteiger partial charge in [-0.2, -0.15) is 12.8 Å². The third kappa shape index (κ3) is 3.44. The summed E-state index contributed by atoms with van der Waals surface area (Å²) in [7, 11) is -3.79. The molecule has 21 heavy (non-hydrogen) atoms. The Hall–Kier alpha value is -2.27. The number of sulfonamides is 1. The van der Waals surface area contributed by atoms with E-state index in [4.69, 9.17) is 11.1 Å². The molecular formula is C15H15N3O2S. The molecule has 1 aliphatic rings. The van der Waals surface area contributed by atoms with Gasteiger partial charge in [0.25, 0.3) is 10.0 Å². The first kappa shape index (κ1) is 15.1. The minimum Gasteiger partial charge on any atom is -0.326 e. The molecule has 0 bridgehead atoms. The topological polar surface area (TPSA) is 96.4 Å². The Kier molecular flexibility index (Phi) is 4.33. The molecular weight excluding hydrogens is 286 g/mol. The van der Waals surface area contributed by atoms with E-state index in [0.29, 0.717) is 16.8 Å². The molecule has 1 aromatic carbocycles. The summed E-state index contributed by atoms with van der Waals surface area (Å²) in [6, 6.07) is 5.06. The van der Waals surface area contributed by atoms with E-state index < -0.39 is 10.0 Å². The van der Waals surface area contributed by atoms with Crippen molar-refractivity contribution in [2.45, 2.75) is 18.4 Å². The zero-order valence-corrected chi connectivity index (χ0v) is 12.3. The molecule has 6 heteroatoms. The number of allylic oxidation sites excluding steroid dienone is 5. The second-order valence-corrected chi connectivity index (χ2v) is 6.11. The van der Waals surface area contributed by atoms with Gasteiger partial charge < -0.3 is 5.73 Å². The molecule has 0 unspecified atom stereocenters. The Morgan fingerprint density at radius 2 is 1.90 bits per heavy atom. The van der Waals surface area contributed by atoms with Gasteiger partial charge in [0, 0.05) is 12.1 Å². The standard InChI is InChI=1S/C15H15N3O2S/c1-11-2-3-13(10-17)8-15(11)21(19,20)18-14-6-4-12(9-16)5-7-14/h2-8,16H,10,17H2,1H3. The summed E-state index contributed by atoms with van der Waals surface area (Å²) >= 11 is 0. The maximum Gasteiger partial charge on any atom is 0.283 e. The SMILES string of the molecule is Cc1ccc(CN)cc1S(=O)(=O)N=C1C=CC(=C=N)C=C1. The van der Waals surface area contributed by atoms with Crippen LogP contribution in [-0.2, 0) is 16.6 Å². The second kappa shape index (κ2) is 6.01. The van der Waals surface area contributed by atoms with Crippen LogP contribution in [0.1, 0.15) is 11.1 Å². The first-order chi connectivity index (χ1) is 9.96. The number of hydrogen-bond donors (Lipinski definition) is 2. The van der Waals surface area contributed by atoms with Crippen LogP contribution in [0.3, 0.4) is 0 Å². The molecule has 0 aromatic heterocycles. The maximum absolute atomic E-state index is 12.4. The lowest BCUT2D eigenvalue weighted by Gasteiger charge is -2.07. The van der Waals surface area contributed by atoms with Crippen LogP contribution in [0.15, 0.2) is 57.4 Å². The van der Waals surface area contributed by atoms with Gasteiger partial charge in [-0.05, 0) is 54.3 Å². The molecule has 0 radical (unpaired) electrons. The van der Waals surface area contributed by atoms with Crippen molar-refractivity contribution in [3.63, 3.8) is 0 Å². The molecule has 0 amide bonds. The fourth-order valence-electron chi connectivity index (χ4n) is 1.84. The lowest BCUT2D eigenvalue weighted by molar-refractivity contribution is 0.597.